The molecule has 9 heteroatoms. The number of benzene rings is 1. The average Bonchev–Trinajstić information content (AvgIpc) is 2.42. The molecule has 0 unspecified atom stereocenters. The topological polar surface area (TPSA) is 70.1 Å². The fourth-order valence-electron chi connectivity index (χ4n) is 1.64. The summed E-state index contributed by atoms with van der Waals surface area (Å²) in [6.07, 6.45) is -4.61. The normalized spacial score (nSPS) is 11.3. The van der Waals surface area contributed by atoms with Gasteiger partial charge in [0, 0.05) is 17.6 Å². The van der Waals surface area contributed by atoms with Crippen molar-refractivity contribution in [2.45, 2.75) is 13.1 Å². The van der Waals surface area contributed by atoms with Gasteiger partial charge in [-0.2, -0.15) is 18.2 Å². The zero-order valence-corrected chi connectivity index (χ0v) is 12.1. The summed E-state index contributed by atoms with van der Waals surface area (Å²) in [5.74, 6) is -0.446. The van der Waals surface area contributed by atoms with E-state index in [9.17, 15) is 18.3 Å². The maximum atomic E-state index is 12.9. The Morgan fingerprint density at radius 1 is 1.23 bits per heavy atom. The second kappa shape index (κ2) is 6.27. The van der Waals surface area contributed by atoms with E-state index in [1.165, 1.54) is 18.2 Å². The summed E-state index contributed by atoms with van der Waals surface area (Å²) in [6, 6.07) is 4.90. The smallest absolute Gasteiger partial charge is 0.433 e. The Bertz CT molecular complexity index is 679. The Balaban J connectivity index is 2.41. The third-order valence-electron chi connectivity index (χ3n) is 2.57. The Kier molecular flexibility index (Phi) is 4.60. The van der Waals surface area contributed by atoms with E-state index in [1.54, 1.807) is 6.92 Å². The number of anilines is 3. The van der Waals surface area contributed by atoms with Crippen LogP contribution in [-0.2, 0) is 6.18 Å². The second-order valence-corrected chi connectivity index (χ2v) is 4.71. The fourth-order valence-corrected chi connectivity index (χ4v) is 1.81. The molecule has 0 saturated heterocycles. The molecule has 0 amide bonds. The van der Waals surface area contributed by atoms with E-state index in [0.29, 0.717) is 11.6 Å². The molecule has 1 aromatic carbocycles. The van der Waals surface area contributed by atoms with Crippen molar-refractivity contribution >= 4 is 29.1 Å². The SMILES string of the molecule is CCNc1nc(Nc2cc(Cl)ccc2O)cc(C(F)(F)F)n1. The van der Waals surface area contributed by atoms with Crippen molar-refractivity contribution in [3.05, 3.63) is 35.0 Å². The lowest BCUT2D eigenvalue weighted by molar-refractivity contribution is -0.141. The van der Waals surface area contributed by atoms with Gasteiger partial charge in [-0.3, -0.25) is 0 Å². The van der Waals surface area contributed by atoms with Gasteiger partial charge in [0.25, 0.3) is 0 Å². The van der Waals surface area contributed by atoms with Crippen LogP contribution in [0.3, 0.4) is 0 Å². The van der Waals surface area contributed by atoms with E-state index in [-0.39, 0.29) is 23.2 Å². The number of rotatable bonds is 4. The summed E-state index contributed by atoms with van der Waals surface area (Å²) in [5, 5.41) is 15.2. The van der Waals surface area contributed by atoms with Crippen LogP contribution in [0.4, 0.5) is 30.6 Å². The first-order valence-corrected chi connectivity index (χ1v) is 6.63. The number of aromatic hydroxyl groups is 1. The van der Waals surface area contributed by atoms with Gasteiger partial charge in [0.1, 0.15) is 11.6 Å². The first-order valence-electron chi connectivity index (χ1n) is 6.25. The van der Waals surface area contributed by atoms with Gasteiger partial charge in [-0.1, -0.05) is 11.6 Å². The zero-order chi connectivity index (χ0) is 16.3. The fraction of sp³-hybridized carbons (Fsp3) is 0.231. The van der Waals surface area contributed by atoms with Crippen LogP contribution in [0.25, 0.3) is 0 Å². The summed E-state index contributed by atoms with van der Waals surface area (Å²) in [5.41, 5.74) is -0.954. The lowest BCUT2D eigenvalue weighted by atomic mass is 10.3. The molecule has 0 saturated carbocycles. The summed E-state index contributed by atoms with van der Waals surface area (Å²) >= 11 is 5.79. The maximum absolute atomic E-state index is 12.9. The standard InChI is InChI=1S/C13H12ClF3N4O/c1-2-18-12-20-10(13(15,16)17)6-11(21-12)19-8-5-7(14)3-4-9(8)22/h3-6,22H,2H2,1H3,(H2,18,19,20,21). The van der Waals surface area contributed by atoms with Gasteiger partial charge in [0.15, 0.2) is 5.69 Å². The van der Waals surface area contributed by atoms with Crippen molar-refractivity contribution in [3.8, 4) is 5.75 Å². The lowest BCUT2D eigenvalue weighted by Crippen LogP contribution is -2.13. The molecule has 0 aliphatic heterocycles. The van der Waals surface area contributed by atoms with Crippen LogP contribution in [0.15, 0.2) is 24.3 Å². The van der Waals surface area contributed by atoms with Gasteiger partial charge >= 0.3 is 6.18 Å². The first kappa shape index (κ1) is 16.2. The largest absolute Gasteiger partial charge is 0.506 e. The molecule has 0 fully saturated rings. The van der Waals surface area contributed by atoms with Crippen molar-refractivity contribution in [2.24, 2.45) is 0 Å². The summed E-state index contributed by atoms with van der Waals surface area (Å²) in [6.45, 7) is 2.07. The number of aromatic nitrogens is 2. The van der Waals surface area contributed by atoms with Crippen molar-refractivity contribution < 1.29 is 18.3 Å². The van der Waals surface area contributed by atoms with Crippen molar-refractivity contribution in [2.75, 3.05) is 17.2 Å². The molecular weight excluding hydrogens is 321 g/mol. The molecule has 0 aliphatic rings. The Morgan fingerprint density at radius 3 is 2.59 bits per heavy atom. The monoisotopic (exact) mass is 332 g/mol. The number of hydrogen-bond donors (Lipinski definition) is 3. The number of halogens is 4. The van der Waals surface area contributed by atoms with Crippen molar-refractivity contribution in [1.29, 1.82) is 0 Å². The molecule has 2 rings (SSSR count). The first-order chi connectivity index (χ1) is 10.3. The third kappa shape index (κ3) is 3.91. The summed E-state index contributed by atoms with van der Waals surface area (Å²) < 4.78 is 38.6. The highest BCUT2D eigenvalue weighted by atomic mass is 35.5. The van der Waals surface area contributed by atoms with E-state index in [4.69, 9.17) is 11.6 Å². The van der Waals surface area contributed by atoms with Gasteiger partial charge in [-0.05, 0) is 25.1 Å². The van der Waals surface area contributed by atoms with Crippen LogP contribution in [0.2, 0.25) is 5.02 Å². The maximum Gasteiger partial charge on any atom is 0.433 e. The van der Waals surface area contributed by atoms with Crippen LogP contribution < -0.4 is 10.6 Å². The minimum absolute atomic E-state index is 0.115. The molecule has 22 heavy (non-hydrogen) atoms. The van der Waals surface area contributed by atoms with E-state index in [1.807, 2.05) is 0 Å². The molecule has 3 N–H and O–H groups in total. The van der Waals surface area contributed by atoms with Gasteiger partial charge in [-0.15, -0.1) is 0 Å². The molecule has 2 aromatic rings. The van der Waals surface area contributed by atoms with Crippen molar-refractivity contribution in [1.82, 2.24) is 9.97 Å². The molecule has 118 valence electrons. The quantitative estimate of drug-likeness (QED) is 0.737. The van der Waals surface area contributed by atoms with Crippen LogP contribution in [0, 0.1) is 0 Å². The molecule has 0 bridgehead atoms. The molecule has 1 aromatic heterocycles. The highest BCUT2D eigenvalue weighted by Gasteiger charge is 2.33. The Labute approximate surface area is 129 Å². The Hall–Kier alpha value is -2.22. The van der Waals surface area contributed by atoms with Gasteiger partial charge < -0.3 is 15.7 Å². The molecule has 0 radical (unpaired) electrons. The molecule has 1 heterocycles. The van der Waals surface area contributed by atoms with Gasteiger partial charge in [0.05, 0.1) is 5.69 Å². The van der Waals surface area contributed by atoms with Crippen LogP contribution in [0.5, 0.6) is 5.75 Å². The summed E-state index contributed by atoms with van der Waals surface area (Å²) in [4.78, 5) is 7.32. The van der Waals surface area contributed by atoms with Crippen molar-refractivity contribution in [3.63, 3.8) is 0 Å². The number of phenols is 1. The Morgan fingerprint density at radius 2 is 1.95 bits per heavy atom. The minimum atomic E-state index is -4.61. The number of nitrogens with one attached hydrogen (secondary N) is 2. The van der Waals surface area contributed by atoms with Crippen LogP contribution >= 0.6 is 11.6 Å². The number of phenolic OH excluding ortho intramolecular Hbond substituents is 1. The van der Waals surface area contributed by atoms with Crippen LogP contribution in [0.1, 0.15) is 12.6 Å². The number of nitrogens with zero attached hydrogens (tertiary/aromatic N) is 2. The molecule has 5 nitrogen and oxygen atoms in total. The van der Waals surface area contributed by atoms with Gasteiger partial charge in [0.2, 0.25) is 5.95 Å². The predicted octanol–water partition coefficient (Wildman–Crippen LogP) is 4.03. The predicted molar refractivity (Wildman–Crippen MR) is 77.6 cm³/mol. The highest BCUT2D eigenvalue weighted by Crippen LogP contribution is 2.33. The molecule has 0 spiro atoms. The second-order valence-electron chi connectivity index (χ2n) is 4.28. The lowest BCUT2D eigenvalue weighted by Gasteiger charge is -2.13. The molecule has 0 aliphatic carbocycles. The van der Waals surface area contributed by atoms with E-state index >= 15 is 0 Å². The van der Waals surface area contributed by atoms with E-state index in [2.05, 4.69) is 20.6 Å². The van der Waals surface area contributed by atoms with E-state index < -0.39 is 11.9 Å². The molecular formula is C13H12ClF3N4O. The zero-order valence-electron chi connectivity index (χ0n) is 11.4. The number of alkyl halides is 3. The minimum Gasteiger partial charge on any atom is -0.506 e. The van der Waals surface area contributed by atoms with E-state index in [0.717, 1.165) is 6.07 Å². The average molecular weight is 333 g/mol. The number of hydrogen-bond acceptors (Lipinski definition) is 5. The van der Waals surface area contributed by atoms with Crippen LogP contribution in [-0.4, -0.2) is 21.6 Å². The third-order valence-corrected chi connectivity index (χ3v) is 2.81. The summed E-state index contributed by atoms with van der Waals surface area (Å²) in [7, 11) is 0. The molecule has 0 atom stereocenters. The van der Waals surface area contributed by atoms with Gasteiger partial charge in [-0.25, -0.2) is 4.98 Å². The highest BCUT2D eigenvalue weighted by molar-refractivity contribution is 6.30.